The zero-order chi connectivity index (χ0) is 15.0. The van der Waals surface area contributed by atoms with Gasteiger partial charge in [0, 0.05) is 6.07 Å². The molecule has 2 heterocycles. The van der Waals surface area contributed by atoms with Crippen molar-refractivity contribution in [1.29, 1.82) is 0 Å². The third-order valence-corrected chi connectivity index (χ3v) is 3.11. The summed E-state index contributed by atoms with van der Waals surface area (Å²) < 4.78 is 6.45. The number of aromatic carboxylic acids is 1. The van der Waals surface area contributed by atoms with Crippen LogP contribution in [-0.4, -0.2) is 25.8 Å². The SMILES string of the molecule is Cc1nc2ccccc2n(Cc2cc(C(=O)O)no2)c1=O. The summed E-state index contributed by atoms with van der Waals surface area (Å²) in [7, 11) is 0. The Hall–Kier alpha value is -2.96. The lowest BCUT2D eigenvalue weighted by Crippen LogP contribution is -2.24. The van der Waals surface area contributed by atoms with Crippen LogP contribution in [-0.2, 0) is 6.54 Å². The summed E-state index contributed by atoms with van der Waals surface area (Å²) in [5.41, 5.74) is 1.27. The second-order valence-corrected chi connectivity index (χ2v) is 4.56. The van der Waals surface area contributed by atoms with Gasteiger partial charge in [0.15, 0.2) is 11.5 Å². The van der Waals surface area contributed by atoms with Gasteiger partial charge in [0.2, 0.25) is 0 Å². The normalized spacial score (nSPS) is 10.9. The highest BCUT2D eigenvalue weighted by atomic mass is 16.5. The summed E-state index contributed by atoms with van der Waals surface area (Å²) in [5, 5.41) is 12.3. The predicted octanol–water partition coefficient (Wildman–Crippen LogP) is 1.44. The van der Waals surface area contributed by atoms with Crippen molar-refractivity contribution in [3.63, 3.8) is 0 Å². The highest BCUT2D eigenvalue weighted by Crippen LogP contribution is 2.12. The second-order valence-electron chi connectivity index (χ2n) is 4.56. The summed E-state index contributed by atoms with van der Waals surface area (Å²) >= 11 is 0. The number of para-hydroxylation sites is 2. The van der Waals surface area contributed by atoms with Crippen LogP contribution in [0.25, 0.3) is 11.0 Å². The van der Waals surface area contributed by atoms with Crippen LogP contribution in [0, 0.1) is 6.92 Å². The van der Waals surface area contributed by atoms with Gasteiger partial charge in [-0.05, 0) is 19.1 Å². The van der Waals surface area contributed by atoms with E-state index in [-0.39, 0.29) is 17.8 Å². The number of aryl methyl sites for hydroxylation is 1. The molecule has 0 spiro atoms. The number of hydrogen-bond acceptors (Lipinski definition) is 5. The van der Waals surface area contributed by atoms with Gasteiger partial charge in [-0.2, -0.15) is 0 Å². The molecule has 3 aromatic rings. The van der Waals surface area contributed by atoms with Crippen molar-refractivity contribution in [2.75, 3.05) is 0 Å². The minimum Gasteiger partial charge on any atom is -0.476 e. The molecular weight excluding hydrogens is 274 g/mol. The average Bonchev–Trinajstić information content (AvgIpc) is 2.93. The Morgan fingerprint density at radius 2 is 2.14 bits per heavy atom. The van der Waals surface area contributed by atoms with Crippen LogP contribution in [0.2, 0.25) is 0 Å². The Morgan fingerprint density at radius 3 is 2.86 bits per heavy atom. The van der Waals surface area contributed by atoms with Crippen LogP contribution in [0.5, 0.6) is 0 Å². The molecule has 0 aliphatic rings. The van der Waals surface area contributed by atoms with E-state index < -0.39 is 5.97 Å². The number of hydrogen-bond donors (Lipinski definition) is 1. The van der Waals surface area contributed by atoms with Crippen LogP contribution >= 0.6 is 0 Å². The molecule has 7 nitrogen and oxygen atoms in total. The summed E-state index contributed by atoms with van der Waals surface area (Å²) in [6.07, 6.45) is 0. The molecule has 0 aliphatic heterocycles. The minimum absolute atomic E-state index is 0.100. The Labute approximate surface area is 118 Å². The molecule has 1 aromatic carbocycles. The van der Waals surface area contributed by atoms with Gasteiger partial charge in [0.05, 0.1) is 17.6 Å². The minimum atomic E-state index is -1.17. The van der Waals surface area contributed by atoms with E-state index in [4.69, 9.17) is 9.63 Å². The average molecular weight is 285 g/mol. The number of carboxylic acids is 1. The third kappa shape index (κ3) is 2.29. The molecule has 1 N–H and O–H groups in total. The Bertz CT molecular complexity index is 895. The van der Waals surface area contributed by atoms with Crippen molar-refractivity contribution in [1.82, 2.24) is 14.7 Å². The highest BCUT2D eigenvalue weighted by Gasteiger charge is 2.14. The van der Waals surface area contributed by atoms with Crippen molar-refractivity contribution < 1.29 is 14.4 Å². The van der Waals surface area contributed by atoms with E-state index in [1.54, 1.807) is 25.1 Å². The number of fused-ring (bicyclic) bond motifs is 1. The van der Waals surface area contributed by atoms with Crippen LogP contribution in [0.1, 0.15) is 21.9 Å². The first-order valence-electron chi connectivity index (χ1n) is 6.21. The van der Waals surface area contributed by atoms with Crippen molar-refractivity contribution in [2.45, 2.75) is 13.5 Å². The van der Waals surface area contributed by atoms with Crippen molar-refractivity contribution in [3.05, 3.63) is 57.8 Å². The van der Waals surface area contributed by atoms with E-state index in [0.717, 1.165) is 0 Å². The maximum absolute atomic E-state index is 12.2. The standard InChI is InChI=1S/C14H11N3O4/c1-8-13(18)17(12-5-3-2-4-10(12)15-8)7-9-6-11(14(19)20)16-21-9/h2-6H,7H2,1H3,(H,19,20). The van der Waals surface area contributed by atoms with Gasteiger partial charge in [-0.25, -0.2) is 9.78 Å². The molecule has 0 fully saturated rings. The number of benzene rings is 1. The van der Waals surface area contributed by atoms with Crippen molar-refractivity contribution >= 4 is 17.0 Å². The molecule has 3 rings (SSSR count). The van der Waals surface area contributed by atoms with Crippen LogP contribution < -0.4 is 5.56 Å². The van der Waals surface area contributed by atoms with E-state index in [1.807, 2.05) is 6.07 Å². The van der Waals surface area contributed by atoms with Gasteiger partial charge in [0.1, 0.15) is 5.69 Å². The van der Waals surface area contributed by atoms with E-state index in [1.165, 1.54) is 10.6 Å². The lowest BCUT2D eigenvalue weighted by Gasteiger charge is -2.08. The van der Waals surface area contributed by atoms with Gasteiger partial charge in [-0.1, -0.05) is 17.3 Å². The zero-order valence-electron chi connectivity index (χ0n) is 11.1. The first-order chi connectivity index (χ1) is 10.1. The van der Waals surface area contributed by atoms with E-state index in [9.17, 15) is 9.59 Å². The fourth-order valence-electron chi connectivity index (χ4n) is 2.12. The second kappa shape index (κ2) is 4.86. The monoisotopic (exact) mass is 285 g/mol. The molecule has 0 amide bonds. The first-order valence-corrected chi connectivity index (χ1v) is 6.21. The molecule has 0 atom stereocenters. The lowest BCUT2D eigenvalue weighted by atomic mass is 10.2. The topological polar surface area (TPSA) is 98.2 Å². The molecule has 106 valence electrons. The molecule has 0 radical (unpaired) electrons. The van der Waals surface area contributed by atoms with E-state index in [0.29, 0.717) is 22.5 Å². The predicted molar refractivity (Wildman–Crippen MR) is 73.3 cm³/mol. The summed E-state index contributed by atoms with van der Waals surface area (Å²) in [4.78, 5) is 27.3. The van der Waals surface area contributed by atoms with Gasteiger partial charge in [-0.15, -0.1) is 0 Å². The highest BCUT2D eigenvalue weighted by molar-refractivity contribution is 5.85. The molecule has 0 bridgehead atoms. The molecule has 7 heteroatoms. The van der Waals surface area contributed by atoms with Crippen LogP contribution in [0.15, 0.2) is 39.6 Å². The zero-order valence-corrected chi connectivity index (χ0v) is 11.1. The fraction of sp³-hybridized carbons (Fsp3) is 0.143. The summed E-state index contributed by atoms with van der Waals surface area (Å²) in [6.45, 7) is 1.73. The Balaban J connectivity index is 2.12. The lowest BCUT2D eigenvalue weighted by molar-refractivity contribution is 0.0685. The van der Waals surface area contributed by atoms with E-state index in [2.05, 4.69) is 10.1 Å². The first kappa shape index (κ1) is 13.0. The molecule has 0 saturated heterocycles. The molecule has 0 aliphatic carbocycles. The summed E-state index contributed by atoms with van der Waals surface area (Å²) in [6, 6.07) is 8.53. The van der Waals surface area contributed by atoms with E-state index >= 15 is 0 Å². The molecule has 2 aromatic heterocycles. The maximum Gasteiger partial charge on any atom is 0.358 e. The quantitative estimate of drug-likeness (QED) is 0.781. The molecule has 0 unspecified atom stereocenters. The number of carboxylic acid groups (broad SMARTS) is 1. The van der Waals surface area contributed by atoms with Crippen molar-refractivity contribution in [2.24, 2.45) is 0 Å². The smallest absolute Gasteiger partial charge is 0.358 e. The third-order valence-electron chi connectivity index (χ3n) is 3.11. The number of nitrogens with zero attached hydrogens (tertiary/aromatic N) is 3. The van der Waals surface area contributed by atoms with Crippen LogP contribution in [0.4, 0.5) is 0 Å². The largest absolute Gasteiger partial charge is 0.476 e. The molecule has 21 heavy (non-hydrogen) atoms. The van der Waals surface area contributed by atoms with Crippen molar-refractivity contribution in [3.8, 4) is 0 Å². The Kier molecular flexibility index (Phi) is 3.02. The molecule has 0 saturated carbocycles. The van der Waals surface area contributed by atoms with Gasteiger partial charge < -0.3 is 9.63 Å². The number of aromatic nitrogens is 3. The number of rotatable bonds is 3. The number of carbonyl (C=O) groups is 1. The van der Waals surface area contributed by atoms with Gasteiger partial charge in [0.25, 0.3) is 5.56 Å². The fourth-order valence-corrected chi connectivity index (χ4v) is 2.12. The van der Waals surface area contributed by atoms with Gasteiger partial charge in [-0.3, -0.25) is 9.36 Å². The van der Waals surface area contributed by atoms with Gasteiger partial charge >= 0.3 is 5.97 Å². The summed E-state index contributed by atoms with van der Waals surface area (Å²) in [5.74, 6) is -0.877. The molecular formula is C14H11N3O4. The maximum atomic E-state index is 12.2. The van der Waals surface area contributed by atoms with Crippen LogP contribution in [0.3, 0.4) is 0 Å². The Morgan fingerprint density at radius 1 is 1.38 bits per heavy atom.